The molecule has 0 bridgehead atoms. The van der Waals surface area contributed by atoms with E-state index in [4.69, 9.17) is 0 Å². The van der Waals surface area contributed by atoms with Crippen molar-refractivity contribution in [2.75, 3.05) is 6.54 Å². The highest BCUT2D eigenvalue weighted by molar-refractivity contribution is 5.93. The summed E-state index contributed by atoms with van der Waals surface area (Å²) in [5.41, 5.74) is -1.39. The van der Waals surface area contributed by atoms with Crippen LogP contribution in [0.25, 0.3) is 0 Å². The monoisotopic (exact) mass is 253 g/mol. The minimum Gasteiger partial charge on any atom is -0.355 e. The van der Waals surface area contributed by atoms with Crippen LogP contribution in [-0.4, -0.2) is 27.4 Å². The lowest BCUT2D eigenvalue weighted by Gasteiger charge is -2.09. The largest absolute Gasteiger partial charge is 0.355 e. The summed E-state index contributed by atoms with van der Waals surface area (Å²) in [6.45, 7) is 3.21. The number of carbonyl (C=O) groups is 2. The fourth-order valence-electron chi connectivity index (χ4n) is 1.49. The lowest BCUT2D eigenvalue weighted by molar-refractivity contribution is -0.121. The molecular weight excluding hydrogens is 238 g/mol. The zero-order valence-corrected chi connectivity index (χ0v) is 10.5. The molecule has 1 rings (SSSR count). The first-order valence-corrected chi connectivity index (χ1v) is 5.46. The Kier molecular flexibility index (Phi) is 4.19. The van der Waals surface area contributed by atoms with Crippen LogP contribution in [0.5, 0.6) is 0 Å². The number of amides is 1. The number of likely N-dealkylation sites (N-methyl/N-ethyl adjacent to an activating group) is 1. The number of hydrogen-bond acceptors (Lipinski definition) is 4. The topological polar surface area (TPSA) is 90.2 Å². The second-order valence-corrected chi connectivity index (χ2v) is 3.83. The molecule has 1 aromatic heterocycles. The number of carbonyl (C=O) groups excluding carboxylic acids is 2. The zero-order chi connectivity index (χ0) is 13.9. The van der Waals surface area contributed by atoms with Crippen LogP contribution in [0.4, 0.5) is 0 Å². The quantitative estimate of drug-likeness (QED) is 0.689. The van der Waals surface area contributed by atoms with Crippen molar-refractivity contribution >= 4 is 11.7 Å². The molecule has 0 saturated heterocycles. The fourth-order valence-corrected chi connectivity index (χ4v) is 1.49. The van der Waals surface area contributed by atoms with E-state index < -0.39 is 17.0 Å². The molecule has 1 heterocycles. The predicted molar refractivity (Wildman–Crippen MR) is 64.6 cm³/mol. The van der Waals surface area contributed by atoms with Gasteiger partial charge in [-0.3, -0.25) is 23.5 Å². The Hall–Kier alpha value is -2.18. The number of nitrogens with zero attached hydrogens (tertiary/aromatic N) is 2. The maximum absolute atomic E-state index is 11.7. The van der Waals surface area contributed by atoms with Crippen molar-refractivity contribution < 1.29 is 9.59 Å². The van der Waals surface area contributed by atoms with Crippen LogP contribution < -0.4 is 16.6 Å². The van der Waals surface area contributed by atoms with E-state index in [-0.39, 0.29) is 18.0 Å². The molecule has 1 N–H and O–H groups in total. The van der Waals surface area contributed by atoms with Crippen molar-refractivity contribution in [2.45, 2.75) is 20.4 Å². The molecule has 0 radical (unpaired) electrons. The minimum atomic E-state index is -0.653. The highest BCUT2D eigenvalue weighted by atomic mass is 16.2. The average Bonchev–Trinajstić information content (AvgIpc) is 2.30. The molecule has 7 heteroatoms. The third kappa shape index (κ3) is 2.73. The normalized spacial score (nSPS) is 10.2. The van der Waals surface area contributed by atoms with E-state index in [1.165, 1.54) is 14.0 Å². The van der Waals surface area contributed by atoms with Gasteiger partial charge in [0, 0.05) is 19.8 Å². The van der Waals surface area contributed by atoms with Gasteiger partial charge in [0.1, 0.15) is 6.54 Å². The lowest BCUT2D eigenvalue weighted by Crippen LogP contribution is -2.42. The van der Waals surface area contributed by atoms with Crippen LogP contribution >= 0.6 is 0 Å². The first-order valence-electron chi connectivity index (χ1n) is 5.46. The van der Waals surface area contributed by atoms with Crippen LogP contribution in [0.1, 0.15) is 24.2 Å². The van der Waals surface area contributed by atoms with Gasteiger partial charge in [-0.15, -0.1) is 0 Å². The van der Waals surface area contributed by atoms with E-state index in [0.717, 1.165) is 15.3 Å². The van der Waals surface area contributed by atoms with Gasteiger partial charge in [-0.1, -0.05) is 0 Å². The van der Waals surface area contributed by atoms with Gasteiger partial charge in [-0.25, -0.2) is 4.79 Å². The molecule has 0 unspecified atom stereocenters. The number of Topliss-reactive ketones (excluding diaryl/α,β-unsaturated/α-hetero) is 1. The van der Waals surface area contributed by atoms with Crippen molar-refractivity contribution in [2.24, 2.45) is 7.05 Å². The molecule has 18 heavy (non-hydrogen) atoms. The van der Waals surface area contributed by atoms with E-state index >= 15 is 0 Å². The summed E-state index contributed by atoms with van der Waals surface area (Å²) in [5.74, 6) is -0.798. The lowest BCUT2D eigenvalue weighted by atomic mass is 10.2. The highest BCUT2D eigenvalue weighted by Crippen LogP contribution is 1.91. The summed E-state index contributed by atoms with van der Waals surface area (Å²) in [7, 11) is 1.27. The summed E-state index contributed by atoms with van der Waals surface area (Å²) >= 11 is 0. The molecule has 0 saturated carbocycles. The highest BCUT2D eigenvalue weighted by Gasteiger charge is 2.13. The van der Waals surface area contributed by atoms with Gasteiger partial charge in [-0.2, -0.15) is 0 Å². The molecule has 0 aliphatic heterocycles. The van der Waals surface area contributed by atoms with Crippen molar-refractivity contribution in [1.82, 2.24) is 14.5 Å². The standard InChI is InChI=1S/C11H15N3O4/c1-4-12-9(16)6-14-5-8(7(2)15)10(17)13(3)11(14)18/h5H,4,6H2,1-3H3,(H,12,16). The van der Waals surface area contributed by atoms with E-state index in [9.17, 15) is 19.2 Å². The number of hydrogen-bond donors (Lipinski definition) is 1. The smallest absolute Gasteiger partial charge is 0.331 e. The molecule has 0 aliphatic carbocycles. The predicted octanol–water partition coefficient (Wildman–Crippen LogP) is -1.11. The van der Waals surface area contributed by atoms with Crippen LogP contribution in [0.3, 0.4) is 0 Å². The maximum atomic E-state index is 11.7. The molecule has 0 aliphatic rings. The minimum absolute atomic E-state index is 0.110. The van der Waals surface area contributed by atoms with Crippen LogP contribution in [-0.2, 0) is 18.4 Å². The Morgan fingerprint density at radius 1 is 1.33 bits per heavy atom. The third-order valence-corrected chi connectivity index (χ3v) is 2.42. The van der Waals surface area contributed by atoms with Gasteiger partial charge < -0.3 is 5.32 Å². The molecule has 0 atom stereocenters. The molecule has 0 spiro atoms. The molecular formula is C11H15N3O4. The van der Waals surface area contributed by atoms with Gasteiger partial charge in [0.15, 0.2) is 5.78 Å². The summed E-state index contributed by atoms with van der Waals surface area (Å²) in [5, 5.41) is 2.53. The van der Waals surface area contributed by atoms with E-state index in [1.807, 2.05) is 0 Å². The van der Waals surface area contributed by atoms with Crippen molar-refractivity contribution in [3.8, 4) is 0 Å². The number of nitrogens with one attached hydrogen (secondary N) is 1. The van der Waals surface area contributed by atoms with Gasteiger partial charge >= 0.3 is 5.69 Å². The van der Waals surface area contributed by atoms with E-state index in [1.54, 1.807) is 6.92 Å². The molecule has 0 aromatic carbocycles. The van der Waals surface area contributed by atoms with Gasteiger partial charge in [0.25, 0.3) is 5.56 Å². The Morgan fingerprint density at radius 3 is 2.44 bits per heavy atom. The summed E-state index contributed by atoms with van der Waals surface area (Å²) in [6.07, 6.45) is 1.13. The summed E-state index contributed by atoms with van der Waals surface area (Å²) < 4.78 is 1.86. The molecule has 98 valence electrons. The maximum Gasteiger partial charge on any atom is 0.331 e. The molecule has 7 nitrogen and oxygen atoms in total. The number of ketones is 1. The van der Waals surface area contributed by atoms with Gasteiger partial charge in [0.05, 0.1) is 5.56 Å². The van der Waals surface area contributed by atoms with Crippen LogP contribution in [0.15, 0.2) is 15.8 Å². The second kappa shape index (κ2) is 5.44. The third-order valence-electron chi connectivity index (χ3n) is 2.42. The molecule has 1 aromatic rings. The Morgan fingerprint density at radius 2 is 1.94 bits per heavy atom. The average molecular weight is 253 g/mol. The summed E-state index contributed by atoms with van der Waals surface area (Å²) in [6, 6.07) is 0. The van der Waals surface area contributed by atoms with Crippen molar-refractivity contribution in [3.63, 3.8) is 0 Å². The Bertz CT molecular complexity index is 597. The van der Waals surface area contributed by atoms with E-state index in [2.05, 4.69) is 5.32 Å². The molecule has 0 fully saturated rings. The fraction of sp³-hybridized carbons (Fsp3) is 0.455. The second-order valence-electron chi connectivity index (χ2n) is 3.83. The number of aromatic nitrogens is 2. The van der Waals surface area contributed by atoms with Crippen molar-refractivity contribution in [1.29, 1.82) is 0 Å². The SMILES string of the molecule is CCNC(=O)Cn1cc(C(C)=O)c(=O)n(C)c1=O. The van der Waals surface area contributed by atoms with E-state index in [0.29, 0.717) is 6.54 Å². The first kappa shape index (κ1) is 13.9. The molecule has 1 amide bonds. The Balaban J connectivity index is 3.29. The van der Waals surface area contributed by atoms with Gasteiger partial charge in [-0.05, 0) is 13.8 Å². The van der Waals surface area contributed by atoms with Crippen molar-refractivity contribution in [3.05, 3.63) is 32.6 Å². The number of rotatable bonds is 4. The first-order chi connectivity index (χ1) is 8.38. The van der Waals surface area contributed by atoms with Crippen LogP contribution in [0, 0.1) is 0 Å². The Labute approximate surface area is 103 Å². The summed E-state index contributed by atoms with van der Waals surface area (Å²) in [4.78, 5) is 46.0. The van der Waals surface area contributed by atoms with Gasteiger partial charge in [0.2, 0.25) is 5.91 Å². The van der Waals surface area contributed by atoms with Crippen LogP contribution in [0.2, 0.25) is 0 Å². The zero-order valence-electron chi connectivity index (χ0n) is 10.5.